The third-order valence-corrected chi connectivity index (χ3v) is 5.46. The van der Waals surface area contributed by atoms with E-state index in [1.54, 1.807) is 18.0 Å². The van der Waals surface area contributed by atoms with Crippen LogP contribution in [0.15, 0.2) is 48.7 Å². The first-order chi connectivity index (χ1) is 14.1. The molecule has 1 atom stereocenters. The van der Waals surface area contributed by atoms with Crippen LogP contribution in [-0.4, -0.2) is 65.4 Å². The molecule has 0 spiro atoms. The molecule has 0 aliphatic carbocycles. The van der Waals surface area contributed by atoms with Crippen LogP contribution in [0, 0.1) is 0 Å². The summed E-state index contributed by atoms with van der Waals surface area (Å²) in [7, 11) is 0. The van der Waals surface area contributed by atoms with E-state index in [0.29, 0.717) is 31.8 Å². The van der Waals surface area contributed by atoms with Gasteiger partial charge in [0, 0.05) is 51.9 Å². The molecule has 3 heterocycles. The predicted octanol–water partition coefficient (Wildman–Crippen LogP) is 1.93. The number of para-hydroxylation sites is 2. The lowest BCUT2D eigenvalue weighted by atomic mass is 10.1. The normalized spacial score (nSPS) is 19.6. The molecule has 1 aromatic heterocycles. The average molecular weight is 394 g/mol. The molecule has 2 amide bonds. The number of nitrogens with zero attached hydrogens (tertiary/aromatic N) is 4. The van der Waals surface area contributed by atoms with Crippen molar-refractivity contribution in [1.82, 2.24) is 14.8 Å². The Morgan fingerprint density at radius 1 is 1.10 bits per heavy atom. The van der Waals surface area contributed by atoms with Crippen molar-refractivity contribution in [3.05, 3.63) is 54.4 Å². The maximum atomic E-state index is 12.7. The highest BCUT2D eigenvalue weighted by Crippen LogP contribution is 2.33. The van der Waals surface area contributed by atoms with Crippen molar-refractivity contribution in [3.63, 3.8) is 0 Å². The van der Waals surface area contributed by atoms with Gasteiger partial charge in [-0.25, -0.2) is 0 Å². The van der Waals surface area contributed by atoms with Gasteiger partial charge in [0.2, 0.25) is 5.91 Å². The van der Waals surface area contributed by atoms with E-state index in [4.69, 9.17) is 4.74 Å². The molecule has 1 fully saturated rings. The zero-order chi connectivity index (χ0) is 20.2. The molecule has 0 bridgehead atoms. The SMILES string of the molecule is CC1Oc2ccccc2N(CCC(=O)N2CCN(Cc3ccccn3)CC2)C1=O. The molecule has 2 aliphatic heterocycles. The lowest BCUT2D eigenvalue weighted by Gasteiger charge is -2.36. The molecular formula is C22H26N4O3. The van der Waals surface area contributed by atoms with Crippen LogP contribution < -0.4 is 9.64 Å². The molecular weight excluding hydrogens is 368 g/mol. The molecule has 152 valence electrons. The third-order valence-electron chi connectivity index (χ3n) is 5.46. The number of pyridine rings is 1. The predicted molar refractivity (Wildman–Crippen MR) is 110 cm³/mol. The van der Waals surface area contributed by atoms with E-state index >= 15 is 0 Å². The van der Waals surface area contributed by atoms with Gasteiger partial charge in [-0.15, -0.1) is 0 Å². The molecule has 7 nitrogen and oxygen atoms in total. The standard InChI is InChI=1S/C22H26N4O3/c1-17-22(28)26(19-7-2-3-8-20(19)29-17)11-9-21(27)25-14-12-24(13-15-25)16-18-6-4-5-10-23-18/h2-8,10,17H,9,11-16H2,1H3. The Bertz CT molecular complexity index is 865. The number of rotatable bonds is 5. The summed E-state index contributed by atoms with van der Waals surface area (Å²) in [6.45, 7) is 5.99. The lowest BCUT2D eigenvalue weighted by molar-refractivity contribution is -0.133. The van der Waals surface area contributed by atoms with Crippen molar-refractivity contribution in [1.29, 1.82) is 0 Å². The minimum atomic E-state index is -0.532. The number of hydrogen-bond acceptors (Lipinski definition) is 5. The van der Waals surface area contributed by atoms with Gasteiger partial charge in [0.05, 0.1) is 11.4 Å². The summed E-state index contributed by atoms with van der Waals surface area (Å²) < 4.78 is 5.66. The quantitative estimate of drug-likeness (QED) is 0.775. The zero-order valence-electron chi connectivity index (χ0n) is 16.7. The number of piperazine rings is 1. The fourth-order valence-electron chi connectivity index (χ4n) is 3.83. The van der Waals surface area contributed by atoms with Crippen molar-refractivity contribution in [2.75, 3.05) is 37.6 Å². The number of fused-ring (bicyclic) bond motifs is 1. The molecule has 1 aromatic carbocycles. The first kappa shape index (κ1) is 19.4. The van der Waals surface area contributed by atoms with Gasteiger partial charge in [0.15, 0.2) is 6.10 Å². The first-order valence-corrected chi connectivity index (χ1v) is 10.1. The number of benzene rings is 1. The fourth-order valence-corrected chi connectivity index (χ4v) is 3.83. The van der Waals surface area contributed by atoms with Crippen LogP contribution in [0.1, 0.15) is 19.0 Å². The van der Waals surface area contributed by atoms with Crippen LogP contribution in [0.3, 0.4) is 0 Å². The summed E-state index contributed by atoms with van der Waals surface area (Å²) in [5.74, 6) is 0.679. The molecule has 29 heavy (non-hydrogen) atoms. The Hall–Kier alpha value is -2.93. The Morgan fingerprint density at radius 3 is 2.62 bits per heavy atom. The molecule has 0 N–H and O–H groups in total. The molecule has 4 rings (SSSR count). The van der Waals surface area contributed by atoms with Crippen molar-refractivity contribution < 1.29 is 14.3 Å². The van der Waals surface area contributed by atoms with Crippen LogP contribution in [0.25, 0.3) is 0 Å². The van der Waals surface area contributed by atoms with Gasteiger partial charge in [-0.05, 0) is 31.2 Å². The third kappa shape index (κ3) is 4.40. The number of carbonyl (C=O) groups excluding carboxylic acids is 2. The zero-order valence-corrected chi connectivity index (χ0v) is 16.7. The first-order valence-electron chi connectivity index (χ1n) is 10.1. The number of amides is 2. The van der Waals surface area contributed by atoms with Gasteiger partial charge in [0.25, 0.3) is 5.91 Å². The van der Waals surface area contributed by atoms with Gasteiger partial charge in [-0.2, -0.15) is 0 Å². The molecule has 0 saturated carbocycles. The monoisotopic (exact) mass is 394 g/mol. The van der Waals surface area contributed by atoms with Crippen molar-refractivity contribution in [3.8, 4) is 5.75 Å². The molecule has 2 aromatic rings. The second-order valence-electron chi connectivity index (χ2n) is 7.45. The van der Waals surface area contributed by atoms with Gasteiger partial charge in [-0.3, -0.25) is 19.5 Å². The van der Waals surface area contributed by atoms with Crippen molar-refractivity contribution in [2.24, 2.45) is 0 Å². The van der Waals surface area contributed by atoms with Crippen LogP contribution in [0.2, 0.25) is 0 Å². The molecule has 7 heteroatoms. The molecule has 1 saturated heterocycles. The van der Waals surface area contributed by atoms with E-state index in [2.05, 4.69) is 9.88 Å². The Balaban J connectivity index is 1.30. The Labute approximate surface area is 170 Å². The minimum absolute atomic E-state index is 0.0897. The largest absolute Gasteiger partial charge is 0.479 e. The molecule has 0 radical (unpaired) electrons. The Morgan fingerprint density at radius 2 is 1.86 bits per heavy atom. The summed E-state index contributed by atoms with van der Waals surface area (Å²) in [4.78, 5) is 35.6. The van der Waals surface area contributed by atoms with E-state index in [1.165, 1.54) is 0 Å². The van der Waals surface area contributed by atoms with E-state index in [-0.39, 0.29) is 11.8 Å². The van der Waals surface area contributed by atoms with Gasteiger partial charge < -0.3 is 14.5 Å². The lowest BCUT2D eigenvalue weighted by Crippen LogP contribution is -2.50. The summed E-state index contributed by atoms with van der Waals surface area (Å²) in [5, 5.41) is 0. The number of ether oxygens (including phenoxy) is 1. The topological polar surface area (TPSA) is 66.0 Å². The average Bonchev–Trinajstić information content (AvgIpc) is 2.75. The number of aromatic nitrogens is 1. The number of hydrogen-bond donors (Lipinski definition) is 0. The Kier molecular flexibility index (Phi) is 5.76. The van der Waals surface area contributed by atoms with Crippen LogP contribution in [0.5, 0.6) is 5.75 Å². The maximum Gasteiger partial charge on any atom is 0.267 e. The summed E-state index contributed by atoms with van der Waals surface area (Å²) in [5.41, 5.74) is 1.79. The summed E-state index contributed by atoms with van der Waals surface area (Å²) >= 11 is 0. The van der Waals surface area contributed by atoms with Crippen LogP contribution in [0.4, 0.5) is 5.69 Å². The number of anilines is 1. The van der Waals surface area contributed by atoms with Gasteiger partial charge >= 0.3 is 0 Å². The second-order valence-corrected chi connectivity index (χ2v) is 7.45. The van der Waals surface area contributed by atoms with E-state index in [0.717, 1.165) is 31.0 Å². The highest BCUT2D eigenvalue weighted by molar-refractivity contribution is 6.00. The second kappa shape index (κ2) is 8.61. The van der Waals surface area contributed by atoms with E-state index < -0.39 is 6.10 Å². The van der Waals surface area contributed by atoms with E-state index in [1.807, 2.05) is 47.4 Å². The van der Waals surface area contributed by atoms with Gasteiger partial charge in [-0.1, -0.05) is 18.2 Å². The fraction of sp³-hybridized carbons (Fsp3) is 0.409. The van der Waals surface area contributed by atoms with Crippen molar-refractivity contribution in [2.45, 2.75) is 26.0 Å². The summed E-state index contributed by atoms with van der Waals surface area (Å²) in [6.07, 6.45) is 1.59. The van der Waals surface area contributed by atoms with Crippen molar-refractivity contribution >= 4 is 17.5 Å². The minimum Gasteiger partial charge on any atom is -0.479 e. The smallest absolute Gasteiger partial charge is 0.267 e. The number of carbonyl (C=O) groups is 2. The molecule has 2 aliphatic rings. The maximum absolute atomic E-state index is 12.7. The van der Waals surface area contributed by atoms with Crippen LogP contribution >= 0.6 is 0 Å². The van der Waals surface area contributed by atoms with Crippen LogP contribution in [-0.2, 0) is 16.1 Å². The highest BCUT2D eigenvalue weighted by Gasteiger charge is 2.32. The summed E-state index contributed by atoms with van der Waals surface area (Å²) in [6, 6.07) is 13.4. The van der Waals surface area contributed by atoms with Gasteiger partial charge in [0.1, 0.15) is 5.75 Å². The van der Waals surface area contributed by atoms with E-state index in [9.17, 15) is 9.59 Å². The highest BCUT2D eigenvalue weighted by atomic mass is 16.5. The molecule has 1 unspecified atom stereocenters.